The zero-order valence-corrected chi connectivity index (χ0v) is 21.0. The van der Waals surface area contributed by atoms with Crippen LogP contribution in [0.1, 0.15) is 5.56 Å². The Bertz CT molecular complexity index is 1780. The highest BCUT2D eigenvalue weighted by Gasteiger charge is 2.18. The first-order valence-electron chi connectivity index (χ1n) is 11.4. The van der Waals surface area contributed by atoms with Crippen molar-refractivity contribution in [2.24, 2.45) is 0 Å². The van der Waals surface area contributed by atoms with Gasteiger partial charge in [-0.1, -0.05) is 48.0 Å². The highest BCUT2D eigenvalue weighted by Crippen LogP contribution is 2.33. The molecule has 9 heteroatoms. The summed E-state index contributed by atoms with van der Waals surface area (Å²) in [7, 11) is -2.38. The molecule has 3 N–H and O–H groups in total. The maximum atomic E-state index is 13.4. The van der Waals surface area contributed by atoms with Crippen LogP contribution in [-0.4, -0.2) is 25.1 Å². The molecule has 0 amide bonds. The van der Waals surface area contributed by atoms with E-state index in [4.69, 9.17) is 10.5 Å². The largest absolute Gasteiger partial charge is 0.495 e. The van der Waals surface area contributed by atoms with Crippen LogP contribution < -0.4 is 20.8 Å². The molecular formula is C28H24N4O4S. The fourth-order valence-corrected chi connectivity index (χ4v) is 5.16. The van der Waals surface area contributed by atoms with Crippen LogP contribution in [0, 0.1) is 6.92 Å². The van der Waals surface area contributed by atoms with Crippen molar-refractivity contribution >= 4 is 32.6 Å². The van der Waals surface area contributed by atoms with Gasteiger partial charge in [0.2, 0.25) is 5.95 Å². The van der Waals surface area contributed by atoms with Crippen molar-refractivity contribution < 1.29 is 13.2 Å². The zero-order chi connectivity index (χ0) is 26.2. The number of aromatic nitrogens is 2. The van der Waals surface area contributed by atoms with E-state index in [1.807, 2.05) is 25.1 Å². The number of para-hydroxylation sites is 1. The molecule has 0 aliphatic heterocycles. The number of nitrogens with zero attached hydrogens (tertiary/aromatic N) is 2. The van der Waals surface area contributed by atoms with Gasteiger partial charge in [0.05, 0.1) is 34.3 Å². The molecule has 1 aromatic heterocycles. The summed E-state index contributed by atoms with van der Waals surface area (Å²) in [5.41, 5.74) is 9.51. The summed E-state index contributed by atoms with van der Waals surface area (Å²) >= 11 is 0. The van der Waals surface area contributed by atoms with Gasteiger partial charge in [0.15, 0.2) is 0 Å². The molecule has 0 unspecified atom stereocenters. The Morgan fingerprint density at radius 2 is 1.57 bits per heavy atom. The predicted octanol–water partition coefficient (Wildman–Crippen LogP) is 4.75. The maximum Gasteiger partial charge on any atom is 0.267 e. The van der Waals surface area contributed by atoms with E-state index in [0.717, 1.165) is 5.56 Å². The molecule has 0 saturated heterocycles. The quantitative estimate of drug-likeness (QED) is 0.339. The molecule has 0 fully saturated rings. The number of nitrogens with two attached hydrogens (primary N) is 1. The number of sulfonamides is 1. The number of hydrogen-bond donors (Lipinski definition) is 2. The number of rotatable bonds is 6. The van der Waals surface area contributed by atoms with Crippen LogP contribution in [0.25, 0.3) is 27.7 Å². The van der Waals surface area contributed by atoms with Gasteiger partial charge in [-0.25, -0.2) is 18.0 Å². The van der Waals surface area contributed by atoms with Gasteiger partial charge >= 0.3 is 0 Å². The Morgan fingerprint density at radius 3 is 2.27 bits per heavy atom. The van der Waals surface area contributed by atoms with E-state index in [-0.39, 0.29) is 22.1 Å². The molecule has 4 aromatic carbocycles. The summed E-state index contributed by atoms with van der Waals surface area (Å²) in [6, 6.07) is 26.0. The van der Waals surface area contributed by atoms with E-state index in [1.54, 1.807) is 72.8 Å². The monoisotopic (exact) mass is 512 g/mol. The lowest BCUT2D eigenvalue weighted by molar-refractivity contribution is 0.417. The average molecular weight is 513 g/mol. The van der Waals surface area contributed by atoms with Gasteiger partial charge < -0.3 is 10.5 Å². The van der Waals surface area contributed by atoms with Crippen LogP contribution in [0.2, 0.25) is 0 Å². The van der Waals surface area contributed by atoms with E-state index >= 15 is 0 Å². The number of benzene rings is 4. The number of aryl methyl sites for hydroxylation is 1. The maximum absolute atomic E-state index is 13.4. The van der Waals surface area contributed by atoms with Crippen LogP contribution in [0.3, 0.4) is 0 Å². The van der Waals surface area contributed by atoms with E-state index in [0.29, 0.717) is 33.5 Å². The third-order valence-electron chi connectivity index (χ3n) is 6.02. The number of ether oxygens (including phenoxy) is 1. The third-order valence-corrected chi connectivity index (χ3v) is 7.40. The first kappa shape index (κ1) is 24.1. The summed E-state index contributed by atoms with van der Waals surface area (Å²) in [6.07, 6.45) is 0. The molecule has 186 valence electrons. The number of methoxy groups -OCH3 is 1. The smallest absolute Gasteiger partial charge is 0.267 e. The van der Waals surface area contributed by atoms with E-state index in [1.165, 1.54) is 11.7 Å². The van der Waals surface area contributed by atoms with Crippen LogP contribution in [0.4, 0.5) is 11.6 Å². The van der Waals surface area contributed by atoms with Crippen LogP contribution in [0.5, 0.6) is 5.75 Å². The van der Waals surface area contributed by atoms with Gasteiger partial charge in [-0.2, -0.15) is 0 Å². The van der Waals surface area contributed by atoms with Gasteiger partial charge in [-0.05, 0) is 66.6 Å². The Balaban J connectivity index is 1.59. The molecule has 1 heterocycles. The highest BCUT2D eigenvalue weighted by atomic mass is 32.2. The second-order valence-electron chi connectivity index (χ2n) is 8.51. The lowest BCUT2D eigenvalue weighted by Gasteiger charge is -2.14. The summed E-state index contributed by atoms with van der Waals surface area (Å²) in [6.45, 7) is 1.89. The van der Waals surface area contributed by atoms with E-state index < -0.39 is 10.0 Å². The van der Waals surface area contributed by atoms with E-state index in [2.05, 4.69) is 9.71 Å². The third kappa shape index (κ3) is 4.64. The van der Waals surface area contributed by atoms with Crippen LogP contribution in [-0.2, 0) is 10.0 Å². The van der Waals surface area contributed by atoms with Crippen molar-refractivity contribution in [1.82, 2.24) is 9.55 Å². The number of nitrogens with one attached hydrogen (secondary N) is 1. The zero-order valence-electron chi connectivity index (χ0n) is 20.2. The Labute approximate surface area is 214 Å². The standard InChI is InChI=1S/C28H24N4O4S/c1-18-8-12-22(13-9-18)37(34,35)31-25-17-20(11-15-26(25)36-2)19-10-14-24-23(16-19)27(33)32(28(29)30-24)21-6-4-3-5-7-21/h3-17,31H,1-2H3,(H2,29,30). The number of fused-ring (bicyclic) bond motifs is 1. The molecular weight excluding hydrogens is 488 g/mol. The first-order valence-corrected chi connectivity index (χ1v) is 12.9. The van der Waals surface area contributed by atoms with Crippen molar-refractivity contribution in [1.29, 1.82) is 0 Å². The Hall–Kier alpha value is -4.63. The van der Waals surface area contributed by atoms with Gasteiger partial charge in [-0.15, -0.1) is 0 Å². The number of nitrogen functional groups attached to an aromatic ring is 1. The average Bonchev–Trinajstić information content (AvgIpc) is 2.89. The minimum Gasteiger partial charge on any atom is -0.495 e. The fourth-order valence-electron chi connectivity index (χ4n) is 4.10. The second kappa shape index (κ2) is 9.44. The summed E-state index contributed by atoms with van der Waals surface area (Å²) in [5.74, 6) is 0.454. The van der Waals surface area contributed by atoms with Gasteiger partial charge in [-0.3, -0.25) is 9.52 Å². The lowest BCUT2D eigenvalue weighted by Crippen LogP contribution is -2.23. The SMILES string of the molecule is COc1ccc(-c2ccc3nc(N)n(-c4ccccc4)c(=O)c3c2)cc1NS(=O)(=O)c1ccc(C)cc1. The Morgan fingerprint density at radius 1 is 0.892 bits per heavy atom. The van der Waals surface area contributed by atoms with Crippen molar-refractivity contribution in [2.45, 2.75) is 11.8 Å². The van der Waals surface area contributed by atoms with Crippen molar-refractivity contribution in [3.05, 3.63) is 107 Å². The topological polar surface area (TPSA) is 116 Å². The number of hydrogen-bond acceptors (Lipinski definition) is 6. The summed E-state index contributed by atoms with van der Waals surface area (Å²) < 4.78 is 35.4. The van der Waals surface area contributed by atoms with Gasteiger partial charge in [0.1, 0.15) is 5.75 Å². The van der Waals surface area contributed by atoms with Crippen molar-refractivity contribution in [3.8, 4) is 22.6 Å². The predicted molar refractivity (Wildman–Crippen MR) is 146 cm³/mol. The van der Waals surface area contributed by atoms with Crippen LogP contribution >= 0.6 is 0 Å². The second-order valence-corrected chi connectivity index (χ2v) is 10.2. The summed E-state index contributed by atoms with van der Waals surface area (Å²) in [4.78, 5) is 18.0. The van der Waals surface area contributed by atoms with Crippen molar-refractivity contribution in [2.75, 3.05) is 17.6 Å². The minimum atomic E-state index is -3.85. The molecule has 5 rings (SSSR count). The molecule has 0 bridgehead atoms. The first-order chi connectivity index (χ1) is 17.8. The highest BCUT2D eigenvalue weighted by molar-refractivity contribution is 7.92. The molecule has 0 aliphatic carbocycles. The molecule has 37 heavy (non-hydrogen) atoms. The summed E-state index contributed by atoms with van der Waals surface area (Å²) in [5, 5.41) is 0.383. The fraction of sp³-hybridized carbons (Fsp3) is 0.0714. The molecule has 0 spiro atoms. The normalized spacial score (nSPS) is 11.4. The molecule has 0 aliphatic rings. The minimum absolute atomic E-state index is 0.0914. The molecule has 0 atom stereocenters. The molecule has 0 saturated carbocycles. The van der Waals surface area contributed by atoms with Crippen molar-refractivity contribution in [3.63, 3.8) is 0 Å². The lowest BCUT2D eigenvalue weighted by atomic mass is 10.0. The molecule has 5 aromatic rings. The number of anilines is 2. The van der Waals surface area contributed by atoms with Gasteiger partial charge in [0, 0.05) is 0 Å². The molecule has 8 nitrogen and oxygen atoms in total. The van der Waals surface area contributed by atoms with Gasteiger partial charge in [0.25, 0.3) is 15.6 Å². The Kier molecular flexibility index (Phi) is 6.14. The van der Waals surface area contributed by atoms with Crippen LogP contribution in [0.15, 0.2) is 101 Å². The van der Waals surface area contributed by atoms with E-state index in [9.17, 15) is 13.2 Å². The molecule has 0 radical (unpaired) electrons.